The van der Waals surface area contributed by atoms with Gasteiger partial charge in [-0.3, -0.25) is 0 Å². The molecule has 1 atom stereocenters. The summed E-state index contributed by atoms with van der Waals surface area (Å²) in [5.41, 5.74) is 9.96. The Hall–Kier alpha value is -1.78. The van der Waals surface area contributed by atoms with Crippen LogP contribution in [0, 0.1) is 6.92 Å². The van der Waals surface area contributed by atoms with Crippen molar-refractivity contribution in [2.75, 3.05) is 0 Å². The largest absolute Gasteiger partial charge is 0.324 e. The minimum Gasteiger partial charge on any atom is -0.324 e. The van der Waals surface area contributed by atoms with E-state index in [1.165, 1.54) is 12.0 Å². The van der Waals surface area contributed by atoms with Gasteiger partial charge in [0.1, 0.15) is 0 Å². The Kier molecular flexibility index (Phi) is 6.16. The summed E-state index contributed by atoms with van der Waals surface area (Å²) in [6.45, 7) is 4.39. The Balaban J connectivity index is 1.63. The van der Waals surface area contributed by atoms with Crippen molar-refractivity contribution in [1.29, 1.82) is 0 Å². The maximum absolute atomic E-state index is 6.29. The lowest BCUT2D eigenvalue weighted by molar-refractivity contribution is 0.364. The van der Waals surface area contributed by atoms with E-state index in [0.29, 0.717) is 11.6 Å². The molecule has 3 aromatic carbocycles. The van der Waals surface area contributed by atoms with Gasteiger partial charge >= 0.3 is 0 Å². The molecule has 3 rings (SSSR count). The summed E-state index contributed by atoms with van der Waals surface area (Å²) >= 11 is 7.67. The van der Waals surface area contributed by atoms with Crippen molar-refractivity contribution >= 4 is 23.6 Å². The third kappa shape index (κ3) is 4.86. The van der Waals surface area contributed by atoms with Crippen LogP contribution in [0.25, 0.3) is 11.1 Å². The molecule has 4 heteroatoms. The zero-order valence-electron chi connectivity index (χ0n) is 13.7. The van der Waals surface area contributed by atoms with Gasteiger partial charge in [0.25, 0.3) is 0 Å². The van der Waals surface area contributed by atoms with Gasteiger partial charge in [0.15, 0.2) is 0 Å². The van der Waals surface area contributed by atoms with Gasteiger partial charge in [-0.05, 0) is 47.4 Å². The highest BCUT2D eigenvalue weighted by molar-refractivity contribution is 7.94. The van der Waals surface area contributed by atoms with Crippen LogP contribution in [0.1, 0.15) is 17.2 Å². The first-order chi connectivity index (χ1) is 12.1. The second kappa shape index (κ2) is 8.54. The van der Waals surface area contributed by atoms with Gasteiger partial charge < -0.3 is 9.92 Å². The van der Waals surface area contributed by atoms with Crippen LogP contribution >= 0.6 is 23.6 Å². The van der Waals surface area contributed by atoms with E-state index in [9.17, 15) is 0 Å². The highest BCUT2D eigenvalue weighted by Crippen LogP contribution is 2.30. The second-order valence-corrected chi connectivity index (χ2v) is 6.98. The molecule has 0 saturated heterocycles. The van der Waals surface area contributed by atoms with E-state index in [0.717, 1.165) is 27.1 Å². The lowest BCUT2D eigenvalue weighted by Gasteiger charge is -2.10. The number of hydrogen-bond acceptors (Lipinski definition) is 3. The molecule has 0 aliphatic rings. The van der Waals surface area contributed by atoms with Crippen LogP contribution in [0.15, 0.2) is 77.7 Å². The van der Waals surface area contributed by atoms with Crippen LogP contribution in [0.2, 0.25) is 5.02 Å². The molecular weight excluding hydrogens is 350 g/mol. The third-order valence-corrected chi connectivity index (χ3v) is 4.84. The maximum atomic E-state index is 6.29. The molecule has 0 spiro atoms. The lowest BCUT2D eigenvalue weighted by Crippen LogP contribution is -2.05. The zero-order chi connectivity index (χ0) is 17.6. The van der Waals surface area contributed by atoms with E-state index in [-0.39, 0.29) is 6.04 Å². The summed E-state index contributed by atoms with van der Waals surface area (Å²) < 4.78 is 5.69. The topological polar surface area (TPSA) is 35.2 Å². The van der Waals surface area contributed by atoms with Crippen LogP contribution in [0.5, 0.6) is 0 Å². The molecule has 0 heterocycles. The van der Waals surface area contributed by atoms with Crippen molar-refractivity contribution < 1.29 is 4.18 Å². The molecule has 2 nitrogen and oxygen atoms in total. The smallest absolute Gasteiger partial charge is 0.0869 e. The molecule has 25 heavy (non-hydrogen) atoms. The Morgan fingerprint density at radius 2 is 1.64 bits per heavy atom. The normalized spacial score (nSPS) is 12.1. The minimum absolute atomic E-state index is 0.318. The number of hydrogen-bond donors (Lipinski definition) is 1. The van der Waals surface area contributed by atoms with E-state index < -0.39 is 0 Å². The molecule has 0 saturated carbocycles. The summed E-state index contributed by atoms with van der Waals surface area (Å²) in [6.07, 6.45) is 0. The maximum Gasteiger partial charge on any atom is 0.0869 e. The van der Waals surface area contributed by atoms with Gasteiger partial charge in [0.2, 0.25) is 0 Å². The van der Waals surface area contributed by atoms with Gasteiger partial charge in [-0.2, -0.15) is 0 Å². The number of rotatable bonds is 6. The van der Waals surface area contributed by atoms with E-state index in [2.05, 4.69) is 31.2 Å². The molecule has 0 fully saturated rings. The SMILES string of the molecule is [CH2]C(N)c1ccc(-c2ccc(SOCc3ccccc3)cc2)cc1Cl. The molecule has 127 valence electrons. The second-order valence-electron chi connectivity index (χ2n) is 5.70. The zero-order valence-corrected chi connectivity index (χ0v) is 15.3. The molecule has 3 aromatic rings. The summed E-state index contributed by atoms with van der Waals surface area (Å²) in [6, 6.07) is 23.9. The summed E-state index contributed by atoms with van der Waals surface area (Å²) in [5, 5.41) is 0.643. The molecule has 1 radical (unpaired) electrons. The van der Waals surface area contributed by atoms with Gasteiger partial charge in [0, 0.05) is 28.0 Å². The summed E-state index contributed by atoms with van der Waals surface area (Å²) in [4.78, 5) is 1.06. The van der Waals surface area contributed by atoms with Crippen molar-refractivity contribution in [2.24, 2.45) is 5.73 Å². The van der Waals surface area contributed by atoms with Crippen LogP contribution in [-0.4, -0.2) is 0 Å². The number of halogens is 1. The van der Waals surface area contributed by atoms with Crippen molar-refractivity contribution in [2.45, 2.75) is 17.5 Å². The van der Waals surface area contributed by atoms with E-state index in [1.54, 1.807) is 0 Å². The van der Waals surface area contributed by atoms with Crippen LogP contribution in [-0.2, 0) is 10.8 Å². The van der Waals surface area contributed by atoms with E-state index in [1.807, 2.05) is 48.5 Å². The van der Waals surface area contributed by atoms with Gasteiger partial charge in [-0.25, -0.2) is 0 Å². The highest BCUT2D eigenvalue weighted by atomic mass is 35.5. The van der Waals surface area contributed by atoms with Gasteiger partial charge in [-0.15, -0.1) is 0 Å². The monoisotopic (exact) mass is 368 g/mol. The Labute approximate surface area is 158 Å². The molecule has 1 unspecified atom stereocenters. The highest BCUT2D eigenvalue weighted by Gasteiger charge is 2.07. The van der Waals surface area contributed by atoms with Crippen molar-refractivity contribution in [1.82, 2.24) is 0 Å². The molecular formula is C21H19ClNOS. The Morgan fingerprint density at radius 1 is 0.960 bits per heavy atom. The quantitative estimate of drug-likeness (QED) is 0.536. The predicted octanol–water partition coefficient (Wildman–Crippen LogP) is 6.06. The summed E-state index contributed by atoms with van der Waals surface area (Å²) in [7, 11) is 0. The van der Waals surface area contributed by atoms with Gasteiger partial charge in [0.05, 0.1) is 6.61 Å². The lowest BCUT2D eigenvalue weighted by atomic mass is 10.0. The Bertz CT molecular complexity index is 819. The average molecular weight is 369 g/mol. The summed E-state index contributed by atoms with van der Waals surface area (Å²) in [5.74, 6) is 0. The van der Waals surface area contributed by atoms with Gasteiger partial charge in [-0.1, -0.05) is 66.2 Å². The Morgan fingerprint density at radius 3 is 2.28 bits per heavy atom. The number of nitrogens with two attached hydrogens (primary N) is 1. The van der Waals surface area contributed by atoms with Crippen LogP contribution in [0.4, 0.5) is 0 Å². The van der Waals surface area contributed by atoms with Crippen LogP contribution in [0.3, 0.4) is 0 Å². The predicted molar refractivity (Wildman–Crippen MR) is 106 cm³/mol. The first-order valence-corrected chi connectivity index (χ1v) is 9.07. The fraction of sp³-hybridized carbons (Fsp3) is 0.0952. The first-order valence-electron chi connectivity index (χ1n) is 7.95. The average Bonchev–Trinajstić information content (AvgIpc) is 2.63. The number of benzene rings is 3. The standard InChI is InChI=1S/C21H19ClNOS/c1-15(23)20-12-9-18(13-21(20)22)17-7-10-19(11-8-17)25-24-14-16-5-3-2-4-6-16/h2-13,15H,1,14,23H2. The fourth-order valence-electron chi connectivity index (χ4n) is 2.45. The molecule has 0 aliphatic heterocycles. The molecule has 0 bridgehead atoms. The first kappa shape index (κ1) is 18.0. The molecule has 0 aliphatic carbocycles. The van der Waals surface area contributed by atoms with Crippen molar-refractivity contribution in [3.63, 3.8) is 0 Å². The fourth-order valence-corrected chi connectivity index (χ4v) is 3.35. The van der Waals surface area contributed by atoms with E-state index in [4.69, 9.17) is 21.5 Å². The molecule has 2 N–H and O–H groups in total. The third-order valence-electron chi connectivity index (χ3n) is 3.81. The van der Waals surface area contributed by atoms with Crippen molar-refractivity contribution in [3.05, 3.63) is 95.9 Å². The van der Waals surface area contributed by atoms with E-state index >= 15 is 0 Å². The molecule has 0 amide bonds. The van der Waals surface area contributed by atoms with Crippen LogP contribution < -0.4 is 5.73 Å². The minimum atomic E-state index is -0.318. The molecule has 0 aromatic heterocycles. The van der Waals surface area contributed by atoms with Crippen molar-refractivity contribution in [3.8, 4) is 11.1 Å².